The molecule has 16 heavy (non-hydrogen) atoms. The van der Waals surface area contributed by atoms with E-state index in [2.05, 4.69) is 20.8 Å². The van der Waals surface area contributed by atoms with Gasteiger partial charge in [-0.15, -0.1) is 0 Å². The summed E-state index contributed by atoms with van der Waals surface area (Å²) in [5, 5.41) is -0.223. The van der Waals surface area contributed by atoms with E-state index in [9.17, 15) is 4.79 Å². The van der Waals surface area contributed by atoms with Crippen molar-refractivity contribution in [1.82, 2.24) is 0 Å². The number of benzene rings is 1. The Morgan fingerprint density at radius 1 is 1.25 bits per heavy atom. The van der Waals surface area contributed by atoms with Gasteiger partial charge in [0, 0.05) is 5.92 Å². The first-order valence-electron chi connectivity index (χ1n) is 5.62. The van der Waals surface area contributed by atoms with Crippen molar-refractivity contribution in [2.45, 2.75) is 33.6 Å². The maximum Gasteiger partial charge on any atom is 0.225 e. The largest absolute Gasteiger partial charge is 0.281 e. The van der Waals surface area contributed by atoms with Crippen LogP contribution in [0.4, 0.5) is 0 Å². The van der Waals surface area contributed by atoms with Gasteiger partial charge in [0.15, 0.2) is 0 Å². The van der Waals surface area contributed by atoms with Gasteiger partial charge in [-0.1, -0.05) is 51.1 Å². The van der Waals surface area contributed by atoms with Gasteiger partial charge in [0.1, 0.15) is 0 Å². The van der Waals surface area contributed by atoms with E-state index in [1.54, 1.807) is 0 Å². The summed E-state index contributed by atoms with van der Waals surface area (Å²) in [7, 11) is 0. The second kappa shape index (κ2) is 5.49. The minimum atomic E-state index is -0.223. The van der Waals surface area contributed by atoms with Crippen LogP contribution in [0.25, 0.3) is 0 Å². The maximum atomic E-state index is 11.4. The molecule has 0 saturated heterocycles. The number of carbonyl (C=O) groups excluding carboxylic acids is 1. The third-order valence-electron chi connectivity index (χ3n) is 2.50. The summed E-state index contributed by atoms with van der Waals surface area (Å²) in [6, 6.07) is 10.0. The van der Waals surface area contributed by atoms with Crippen molar-refractivity contribution in [3.05, 3.63) is 35.9 Å². The summed E-state index contributed by atoms with van der Waals surface area (Å²) in [6.07, 6.45) is 1.56. The lowest BCUT2D eigenvalue weighted by Crippen LogP contribution is -2.20. The SMILES string of the molecule is CC(C)(C)C[C@H](Cc1ccccc1)C(=O)Cl. The van der Waals surface area contributed by atoms with Gasteiger partial charge in [0.2, 0.25) is 5.24 Å². The molecule has 1 aromatic rings. The molecule has 1 nitrogen and oxygen atoms in total. The molecule has 88 valence electrons. The predicted octanol–water partition coefficient (Wildman–Crippen LogP) is 4.05. The topological polar surface area (TPSA) is 17.1 Å². The molecule has 0 heterocycles. The van der Waals surface area contributed by atoms with Crippen LogP contribution >= 0.6 is 11.6 Å². The van der Waals surface area contributed by atoms with Gasteiger partial charge in [-0.25, -0.2) is 0 Å². The Morgan fingerprint density at radius 3 is 2.25 bits per heavy atom. The van der Waals surface area contributed by atoms with Crippen LogP contribution in [0.3, 0.4) is 0 Å². The summed E-state index contributed by atoms with van der Waals surface area (Å²) < 4.78 is 0. The number of carbonyl (C=O) groups is 1. The molecule has 1 atom stereocenters. The highest BCUT2D eigenvalue weighted by atomic mass is 35.5. The summed E-state index contributed by atoms with van der Waals surface area (Å²) in [6.45, 7) is 6.39. The quantitative estimate of drug-likeness (QED) is 0.724. The van der Waals surface area contributed by atoms with Crippen LogP contribution < -0.4 is 0 Å². The number of hydrogen-bond acceptors (Lipinski definition) is 1. The first-order chi connectivity index (χ1) is 7.38. The molecule has 0 amide bonds. The monoisotopic (exact) mass is 238 g/mol. The highest BCUT2D eigenvalue weighted by Crippen LogP contribution is 2.28. The van der Waals surface area contributed by atoms with E-state index in [0.717, 1.165) is 12.8 Å². The maximum absolute atomic E-state index is 11.4. The Bertz CT molecular complexity index is 338. The van der Waals surface area contributed by atoms with Crippen LogP contribution in [0.1, 0.15) is 32.8 Å². The van der Waals surface area contributed by atoms with E-state index in [4.69, 9.17) is 11.6 Å². The van der Waals surface area contributed by atoms with Gasteiger partial charge >= 0.3 is 0 Å². The Labute approximate surface area is 103 Å². The first kappa shape index (κ1) is 13.2. The number of halogens is 1. The molecule has 0 aliphatic heterocycles. The molecule has 0 fully saturated rings. The van der Waals surface area contributed by atoms with Crippen molar-refractivity contribution in [2.24, 2.45) is 11.3 Å². The Kier molecular flexibility index (Phi) is 4.55. The Balaban J connectivity index is 2.70. The summed E-state index contributed by atoms with van der Waals surface area (Å²) in [5.74, 6) is -0.0796. The normalized spacial score (nSPS) is 13.5. The summed E-state index contributed by atoms with van der Waals surface area (Å²) >= 11 is 5.66. The van der Waals surface area contributed by atoms with Crippen molar-refractivity contribution < 1.29 is 4.79 Å². The molecule has 0 spiro atoms. The molecule has 0 aromatic heterocycles. The molecule has 1 rings (SSSR count). The smallest absolute Gasteiger partial charge is 0.225 e. The third kappa shape index (κ3) is 4.80. The standard InChI is InChI=1S/C14H19ClO/c1-14(2,3)10-12(13(15)16)9-11-7-5-4-6-8-11/h4-8,12H,9-10H2,1-3H3/t12-/m0/s1. The summed E-state index contributed by atoms with van der Waals surface area (Å²) in [5.41, 5.74) is 1.30. The zero-order valence-electron chi connectivity index (χ0n) is 10.2. The number of hydrogen-bond donors (Lipinski definition) is 0. The fourth-order valence-corrected chi connectivity index (χ4v) is 2.02. The van der Waals surface area contributed by atoms with E-state index in [0.29, 0.717) is 0 Å². The third-order valence-corrected chi connectivity index (χ3v) is 2.81. The molecule has 0 bridgehead atoms. The van der Waals surface area contributed by atoms with Gasteiger partial charge in [-0.2, -0.15) is 0 Å². The zero-order valence-corrected chi connectivity index (χ0v) is 10.9. The molecule has 0 radical (unpaired) electrons. The Hall–Kier alpha value is -0.820. The second-order valence-electron chi connectivity index (χ2n) is 5.46. The average Bonchev–Trinajstić information content (AvgIpc) is 2.16. The lowest BCUT2D eigenvalue weighted by molar-refractivity contribution is -0.115. The molecular weight excluding hydrogens is 220 g/mol. The average molecular weight is 239 g/mol. The molecular formula is C14H19ClO. The lowest BCUT2D eigenvalue weighted by atomic mass is 9.82. The van der Waals surface area contributed by atoms with Gasteiger partial charge in [0.25, 0.3) is 0 Å². The van der Waals surface area contributed by atoms with Gasteiger partial charge in [-0.05, 0) is 35.4 Å². The van der Waals surface area contributed by atoms with Crippen molar-refractivity contribution >= 4 is 16.8 Å². The van der Waals surface area contributed by atoms with Crippen LogP contribution in [0.2, 0.25) is 0 Å². The minimum absolute atomic E-state index is 0.0796. The highest BCUT2D eigenvalue weighted by Gasteiger charge is 2.23. The lowest BCUT2D eigenvalue weighted by Gasteiger charge is -2.23. The predicted molar refractivity (Wildman–Crippen MR) is 68.6 cm³/mol. The van der Waals surface area contributed by atoms with Crippen LogP contribution in [0.5, 0.6) is 0 Å². The molecule has 0 N–H and O–H groups in total. The van der Waals surface area contributed by atoms with Crippen molar-refractivity contribution in [3.8, 4) is 0 Å². The number of rotatable bonds is 4. The van der Waals surface area contributed by atoms with Gasteiger partial charge in [0.05, 0.1) is 0 Å². The van der Waals surface area contributed by atoms with Crippen LogP contribution in [0, 0.1) is 11.3 Å². The second-order valence-corrected chi connectivity index (χ2v) is 5.83. The van der Waals surface area contributed by atoms with Crippen molar-refractivity contribution in [1.29, 1.82) is 0 Å². The van der Waals surface area contributed by atoms with E-state index < -0.39 is 0 Å². The Morgan fingerprint density at radius 2 is 1.81 bits per heavy atom. The van der Waals surface area contributed by atoms with Gasteiger partial charge in [-0.3, -0.25) is 4.79 Å². The fraction of sp³-hybridized carbons (Fsp3) is 0.500. The summed E-state index contributed by atoms with van der Waals surface area (Å²) in [4.78, 5) is 11.4. The van der Waals surface area contributed by atoms with Crippen LogP contribution in [-0.2, 0) is 11.2 Å². The van der Waals surface area contributed by atoms with Crippen LogP contribution in [-0.4, -0.2) is 5.24 Å². The molecule has 1 aromatic carbocycles. The first-order valence-corrected chi connectivity index (χ1v) is 5.99. The fourth-order valence-electron chi connectivity index (χ4n) is 1.87. The highest BCUT2D eigenvalue weighted by molar-refractivity contribution is 6.64. The van der Waals surface area contributed by atoms with E-state index in [-0.39, 0.29) is 16.6 Å². The zero-order chi connectivity index (χ0) is 12.2. The molecule has 0 unspecified atom stereocenters. The van der Waals surface area contributed by atoms with E-state index >= 15 is 0 Å². The molecule has 2 heteroatoms. The van der Waals surface area contributed by atoms with Crippen LogP contribution in [0.15, 0.2) is 30.3 Å². The molecule has 0 aliphatic rings. The van der Waals surface area contributed by atoms with E-state index in [1.165, 1.54) is 5.56 Å². The van der Waals surface area contributed by atoms with Crippen molar-refractivity contribution in [3.63, 3.8) is 0 Å². The molecule has 0 saturated carbocycles. The van der Waals surface area contributed by atoms with Gasteiger partial charge < -0.3 is 0 Å². The van der Waals surface area contributed by atoms with Crippen molar-refractivity contribution in [2.75, 3.05) is 0 Å². The molecule has 0 aliphatic carbocycles. The van der Waals surface area contributed by atoms with E-state index in [1.807, 2.05) is 30.3 Å². The minimum Gasteiger partial charge on any atom is -0.281 e.